The maximum absolute atomic E-state index is 12.2. The van der Waals surface area contributed by atoms with Gasteiger partial charge < -0.3 is 5.73 Å². The Morgan fingerprint density at radius 3 is 2.74 bits per heavy atom. The van der Waals surface area contributed by atoms with E-state index < -0.39 is 10.0 Å². The van der Waals surface area contributed by atoms with Gasteiger partial charge in [-0.25, -0.2) is 13.1 Å². The minimum absolute atomic E-state index is 0.215. The molecule has 3 N–H and O–H groups in total. The highest BCUT2D eigenvalue weighted by Gasteiger charge is 2.17. The molecule has 0 aliphatic rings. The Hall–Kier alpha value is -0.730. The van der Waals surface area contributed by atoms with Crippen LogP contribution in [0, 0.1) is 0 Å². The monoisotopic (exact) mass is 360 g/mol. The van der Waals surface area contributed by atoms with E-state index in [1.54, 1.807) is 18.2 Å². The van der Waals surface area contributed by atoms with Crippen LogP contribution in [0.15, 0.2) is 45.1 Å². The summed E-state index contributed by atoms with van der Waals surface area (Å²) in [6, 6.07) is 8.85. The van der Waals surface area contributed by atoms with Gasteiger partial charge >= 0.3 is 0 Å². The quantitative estimate of drug-likeness (QED) is 0.859. The van der Waals surface area contributed by atoms with Crippen molar-refractivity contribution in [3.05, 3.63) is 50.6 Å². The van der Waals surface area contributed by atoms with E-state index in [-0.39, 0.29) is 4.90 Å². The largest absolute Gasteiger partial charge is 0.326 e. The molecule has 4 nitrogen and oxygen atoms in total. The second-order valence-corrected chi connectivity index (χ2v) is 7.49. The summed E-state index contributed by atoms with van der Waals surface area (Å²) in [5.74, 6) is 0. The third-order valence-corrected chi connectivity index (χ3v) is 5.81. The first kappa shape index (κ1) is 14.7. The molecular formula is C12H13BrN2O2S2. The van der Waals surface area contributed by atoms with Gasteiger partial charge in [-0.1, -0.05) is 12.1 Å². The molecule has 2 aromatic rings. The molecule has 0 aliphatic heterocycles. The lowest BCUT2D eigenvalue weighted by Gasteiger charge is -2.09. The molecule has 0 amide bonds. The van der Waals surface area contributed by atoms with Gasteiger partial charge in [0.2, 0.25) is 10.0 Å². The minimum Gasteiger partial charge on any atom is -0.326 e. The van der Waals surface area contributed by atoms with Gasteiger partial charge in [-0.05, 0) is 45.1 Å². The summed E-state index contributed by atoms with van der Waals surface area (Å²) >= 11 is 4.77. The zero-order valence-electron chi connectivity index (χ0n) is 9.97. The number of halogens is 1. The number of benzene rings is 1. The summed E-state index contributed by atoms with van der Waals surface area (Å²) in [7, 11) is -3.55. The summed E-state index contributed by atoms with van der Waals surface area (Å²) in [6.45, 7) is 0.597. The van der Waals surface area contributed by atoms with E-state index in [1.807, 2.05) is 17.5 Å². The molecule has 0 bridgehead atoms. The summed E-state index contributed by atoms with van der Waals surface area (Å²) in [6.07, 6.45) is 0. The summed E-state index contributed by atoms with van der Waals surface area (Å²) < 4.78 is 27.6. The number of rotatable bonds is 5. The Bertz CT molecular complexity index is 654. The van der Waals surface area contributed by atoms with Crippen molar-refractivity contribution in [2.75, 3.05) is 0 Å². The maximum atomic E-state index is 12.2. The lowest BCUT2D eigenvalue weighted by atomic mass is 10.2. The first-order valence-corrected chi connectivity index (χ1v) is 8.69. The maximum Gasteiger partial charge on any atom is 0.242 e. The third kappa shape index (κ3) is 3.64. The van der Waals surface area contributed by atoms with Crippen molar-refractivity contribution in [3.8, 4) is 0 Å². The van der Waals surface area contributed by atoms with E-state index in [9.17, 15) is 8.42 Å². The van der Waals surface area contributed by atoms with Gasteiger partial charge in [0.15, 0.2) is 0 Å². The fraction of sp³-hybridized carbons (Fsp3) is 0.167. The molecule has 19 heavy (non-hydrogen) atoms. The van der Waals surface area contributed by atoms with Crippen LogP contribution in [0.3, 0.4) is 0 Å². The van der Waals surface area contributed by atoms with Gasteiger partial charge in [0.05, 0.1) is 4.90 Å². The molecule has 0 atom stereocenters. The van der Waals surface area contributed by atoms with Crippen molar-refractivity contribution < 1.29 is 8.42 Å². The Morgan fingerprint density at radius 1 is 1.32 bits per heavy atom. The van der Waals surface area contributed by atoms with Gasteiger partial charge in [-0.2, -0.15) is 0 Å². The highest BCUT2D eigenvalue weighted by molar-refractivity contribution is 9.10. The number of nitrogens with two attached hydrogens (primary N) is 1. The molecule has 0 aliphatic carbocycles. The Morgan fingerprint density at radius 2 is 2.11 bits per heavy atom. The van der Waals surface area contributed by atoms with E-state index >= 15 is 0 Å². The smallest absolute Gasteiger partial charge is 0.242 e. The van der Waals surface area contributed by atoms with Gasteiger partial charge in [-0.15, -0.1) is 11.3 Å². The van der Waals surface area contributed by atoms with Crippen LogP contribution in [0.4, 0.5) is 0 Å². The van der Waals surface area contributed by atoms with Gasteiger partial charge in [0.1, 0.15) is 0 Å². The predicted octanol–water partition coefficient (Wildman–Crippen LogP) is 2.45. The number of hydrogen-bond donors (Lipinski definition) is 2. The van der Waals surface area contributed by atoms with Gasteiger partial charge in [-0.3, -0.25) is 0 Å². The van der Waals surface area contributed by atoms with Crippen LogP contribution >= 0.6 is 27.3 Å². The molecule has 0 fully saturated rings. The number of hydrogen-bond acceptors (Lipinski definition) is 4. The first-order valence-electron chi connectivity index (χ1n) is 5.53. The normalized spacial score (nSPS) is 11.7. The van der Waals surface area contributed by atoms with Crippen molar-refractivity contribution in [2.45, 2.75) is 18.0 Å². The molecule has 2 rings (SSSR count). The van der Waals surface area contributed by atoms with Gasteiger partial charge in [0, 0.05) is 22.4 Å². The third-order valence-electron chi connectivity index (χ3n) is 2.54. The average molecular weight is 361 g/mol. The Balaban J connectivity index is 2.23. The fourth-order valence-electron chi connectivity index (χ4n) is 1.54. The Labute approximate surface area is 124 Å². The molecule has 0 spiro atoms. The molecule has 0 saturated heterocycles. The molecular weight excluding hydrogens is 348 g/mol. The van der Waals surface area contributed by atoms with Crippen LogP contribution in [0.5, 0.6) is 0 Å². The Kier molecular flexibility index (Phi) is 4.75. The van der Waals surface area contributed by atoms with E-state index in [2.05, 4.69) is 20.7 Å². The second-order valence-electron chi connectivity index (χ2n) is 3.87. The molecule has 7 heteroatoms. The van der Waals surface area contributed by atoms with Crippen LogP contribution in [0.25, 0.3) is 0 Å². The predicted molar refractivity (Wildman–Crippen MR) is 80.4 cm³/mol. The number of sulfonamides is 1. The van der Waals surface area contributed by atoms with Crippen LogP contribution in [-0.4, -0.2) is 8.42 Å². The summed E-state index contributed by atoms with van der Waals surface area (Å²) in [5.41, 5.74) is 6.31. The van der Waals surface area contributed by atoms with Gasteiger partial charge in [0.25, 0.3) is 0 Å². The van der Waals surface area contributed by atoms with Crippen molar-refractivity contribution in [1.82, 2.24) is 4.72 Å². The fourth-order valence-corrected chi connectivity index (χ4v) is 4.29. The van der Waals surface area contributed by atoms with Crippen molar-refractivity contribution >= 4 is 37.3 Å². The minimum atomic E-state index is -3.55. The van der Waals surface area contributed by atoms with E-state index in [4.69, 9.17) is 5.73 Å². The van der Waals surface area contributed by atoms with Crippen molar-refractivity contribution in [2.24, 2.45) is 5.73 Å². The van der Waals surface area contributed by atoms with Crippen LogP contribution in [0.1, 0.15) is 10.4 Å². The topological polar surface area (TPSA) is 72.2 Å². The first-order chi connectivity index (χ1) is 9.03. The van der Waals surface area contributed by atoms with Crippen LogP contribution in [-0.2, 0) is 23.1 Å². The highest BCUT2D eigenvalue weighted by Crippen LogP contribution is 2.23. The SMILES string of the molecule is NCc1ccc(Br)c(S(=O)(=O)NCc2cccs2)c1. The highest BCUT2D eigenvalue weighted by atomic mass is 79.9. The number of thiophene rings is 1. The van der Waals surface area contributed by atoms with Crippen LogP contribution in [0.2, 0.25) is 0 Å². The van der Waals surface area contributed by atoms with Crippen molar-refractivity contribution in [1.29, 1.82) is 0 Å². The van der Waals surface area contributed by atoms with E-state index in [1.165, 1.54) is 11.3 Å². The summed E-state index contributed by atoms with van der Waals surface area (Å²) in [4.78, 5) is 1.18. The molecule has 1 heterocycles. The van der Waals surface area contributed by atoms with Crippen molar-refractivity contribution in [3.63, 3.8) is 0 Å². The lowest BCUT2D eigenvalue weighted by Crippen LogP contribution is -2.23. The van der Waals surface area contributed by atoms with E-state index in [0.29, 0.717) is 17.6 Å². The molecule has 1 aromatic heterocycles. The van der Waals surface area contributed by atoms with E-state index in [0.717, 1.165) is 10.4 Å². The average Bonchev–Trinajstić information content (AvgIpc) is 2.90. The molecule has 102 valence electrons. The molecule has 1 aromatic carbocycles. The van der Waals surface area contributed by atoms with Crippen LogP contribution < -0.4 is 10.5 Å². The molecule has 0 unspecified atom stereocenters. The molecule has 0 radical (unpaired) electrons. The summed E-state index contributed by atoms with van der Waals surface area (Å²) in [5, 5.41) is 1.91. The lowest BCUT2D eigenvalue weighted by molar-refractivity contribution is 0.581. The molecule has 0 saturated carbocycles. The standard InChI is InChI=1S/C12H13BrN2O2S2/c13-11-4-3-9(7-14)6-12(11)19(16,17)15-8-10-2-1-5-18-10/h1-6,15H,7-8,14H2. The second kappa shape index (κ2) is 6.15. The zero-order valence-corrected chi connectivity index (χ0v) is 13.2. The number of nitrogens with one attached hydrogen (secondary N) is 1. The zero-order chi connectivity index (χ0) is 13.9.